The van der Waals surface area contributed by atoms with Gasteiger partial charge in [-0.3, -0.25) is 10.1 Å². The van der Waals surface area contributed by atoms with E-state index in [-0.39, 0.29) is 12.2 Å². The van der Waals surface area contributed by atoms with Crippen molar-refractivity contribution in [1.29, 1.82) is 0 Å². The number of rotatable bonds is 5. The van der Waals surface area contributed by atoms with Crippen LogP contribution in [0.25, 0.3) is 10.9 Å². The Morgan fingerprint density at radius 1 is 1.20 bits per heavy atom. The van der Waals surface area contributed by atoms with Crippen LogP contribution in [0.2, 0.25) is 0 Å². The molecule has 0 unspecified atom stereocenters. The number of nitrogens with two attached hydrogens (primary N) is 1. The number of hydrogen-bond donors (Lipinski definition) is 1. The van der Waals surface area contributed by atoms with Crippen molar-refractivity contribution in [2.75, 3.05) is 0 Å². The summed E-state index contributed by atoms with van der Waals surface area (Å²) in [7, 11) is 0. The topological polar surface area (TPSA) is 100 Å². The average Bonchev–Trinajstić information content (AvgIpc) is 2.88. The van der Waals surface area contributed by atoms with Gasteiger partial charge in [0.25, 0.3) is 5.69 Å². The monoisotopic (exact) mass is 339 g/mol. The lowest BCUT2D eigenvalue weighted by atomic mass is 10.0. The second kappa shape index (κ2) is 6.74. The van der Waals surface area contributed by atoms with Gasteiger partial charge in [0.05, 0.1) is 4.92 Å². The summed E-state index contributed by atoms with van der Waals surface area (Å²) in [6, 6.07) is 14.3. The van der Waals surface area contributed by atoms with E-state index in [0.717, 1.165) is 27.7 Å². The summed E-state index contributed by atoms with van der Waals surface area (Å²) >= 11 is 0. The van der Waals surface area contributed by atoms with Crippen molar-refractivity contribution in [3.8, 4) is 0 Å². The Morgan fingerprint density at radius 2 is 1.88 bits per heavy atom. The fourth-order valence-electron chi connectivity index (χ4n) is 3.04. The molecule has 0 amide bonds. The molecule has 3 rings (SSSR count). The first-order valence-electron chi connectivity index (χ1n) is 7.71. The highest BCUT2D eigenvalue weighted by Gasteiger charge is 2.17. The number of para-hydroxylation sites is 1. The van der Waals surface area contributed by atoms with Gasteiger partial charge in [0.15, 0.2) is 0 Å². The third-order valence-corrected chi connectivity index (χ3v) is 4.31. The molecular formula is C18H17N3O4. The Labute approximate surface area is 143 Å². The number of aromatic nitrogens is 1. The maximum absolute atomic E-state index is 11.6. The standard InChI is InChI=1S/C18H17N3O4/c1-12-16(10-13-6-8-14(9-7-13)21(23)24)15-4-2-3-5-17(15)20(12)11-18(22)25-19/h2-9H,10-11,19H2,1H3. The first-order valence-corrected chi connectivity index (χ1v) is 7.71. The van der Waals surface area contributed by atoms with E-state index in [9.17, 15) is 14.9 Å². The zero-order valence-electron chi connectivity index (χ0n) is 13.6. The number of fused-ring (bicyclic) bond motifs is 1. The Hall–Kier alpha value is -3.19. The summed E-state index contributed by atoms with van der Waals surface area (Å²) in [5.74, 6) is 4.44. The molecule has 0 spiro atoms. The quantitative estimate of drug-likeness (QED) is 0.569. The highest BCUT2D eigenvalue weighted by Crippen LogP contribution is 2.28. The molecule has 2 N–H and O–H groups in total. The number of nitro groups is 1. The first kappa shape index (κ1) is 16.7. The molecule has 0 aliphatic carbocycles. The minimum absolute atomic E-state index is 0.0309. The van der Waals surface area contributed by atoms with Crippen molar-refractivity contribution in [2.24, 2.45) is 5.90 Å². The third-order valence-electron chi connectivity index (χ3n) is 4.31. The van der Waals surface area contributed by atoms with Crippen LogP contribution in [0.5, 0.6) is 0 Å². The first-order chi connectivity index (χ1) is 12.0. The minimum atomic E-state index is -0.522. The second-order valence-corrected chi connectivity index (χ2v) is 5.76. The third kappa shape index (κ3) is 3.22. The van der Waals surface area contributed by atoms with Crippen molar-refractivity contribution in [3.05, 3.63) is 75.5 Å². The molecule has 7 heteroatoms. The van der Waals surface area contributed by atoms with E-state index < -0.39 is 10.9 Å². The summed E-state index contributed by atoms with van der Waals surface area (Å²) < 4.78 is 1.87. The highest BCUT2D eigenvalue weighted by molar-refractivity contribution is 5.87. The van der Waals surface area contributed by atoms with Crippen LogP contribution in [0.1, 0.15) is 16.8 Å². The van der Waals surface area contributed by atoms with Gasteiger partial charge in [0, 0.05) is 28.7 Å². The molecule has 2 aromatic carbocycles. The maximum Gasteiger partial charge on any atom is 0.344 e. The lowest BCUT2D eigenvalue weighted by molar-refractivity contribution is -0.384. The van der Waals surface area contributed by atoms with Crippen LogP contribution in [0.4, 0.5) is 5.69 Å². The van der Waals surface area contributed by atoms with Crippen LogP contribution in [-0.4, -0.2) is 15.5 Å². The Bertz CT molecular complexity index is 945. The van der Waals surface area contributed by atoms with Gasteiger partial charge in [-0.1, -0.05) is 30.3 Å². The molecule has 0 aliphatic heterocycles. The minimum Gasteiger partial charge on any atom is -0.372 e. The molecule has 0 radical (unpaired) electrons. The normalized spacial score (nSPS) is 10.8. The molecule has 0 saturated carbocycles. The predicted molar refractivity (Wildman–Crippen MR) is 92.9 cm³/mol. The summed E-state index contributed by atoms with van der Waals surface area (Å²) in [5.41, 5.74) is 3.94. The number of benzene rings is 2. The Balaban J connectivity index is 2.02. The summed E-state index contributed by atoms with van der Waals surface area (Å²) in [4.78, 5) is 26.3. The number of carbonyl (C=O) groups is 1. The molecule has 7 nitrogen and oxygen atoms in total. The van der Waals surface area contributed by atoms with Crippen LogP contribution in [-0.2, 0) is 22.6 Å². The van der Waals surface area contributed by atoms with E-state index in [4.69, 9.17) is 5.90 Å². The number of hydrogen-bond acceptors (Lipinski definition) is 5. The van der Waals surface area contributed by atoms with Gasteiger partial charge in [-0.05, 0) is 30.5 Å². The molecule has 3 aromatic rings. The van der Waals surface area contributed by atoms with E-state index in [1.165, 1.54) is 12.1 Å². The average molecular weight is 339 g/mol. The molecule has 0 fully saturated rings. The molecule has 0 saturated heterocycles. The molecule has 128 valence electrons. The van der Waals surface area contributed by atoms with Gasteiger partial charge < -0.3 is 9.40 Å². The highest BCUT2D eigenvalue weighted by atomic mass is 16.7. The fourth-order valence-corrected chi connectivity index (χ4v) is 3.04. The van der Waals surface area contributed by atoms with Gasteiger partial charge in [-0.2, -0.15) is 5.90 Å². The van der Waals surface area contributed by atoms with Crippen molar-refractivity contribution in [3.63, 3.8) is 0 Å². The lowest BCUT2D eigenvalue weighted by Gasteiger charge is -2.07. The molecule has 0 atom stereocenters. The van der Waals surface area contributed by atoms with Crippen molar-refractivity contribution in [1.82, 2.24) is 4.57 Å². The lowest BCUT2D eigenvalue weighted by Crippen LogP contribution is -2.17. The van der Waals surface area contributed by atoms with E-state index in [0.29, 0.717) is 6.42 Å². The smallest absolute Gasteiger partial charge is 0.344 e. The number of nitrogens with zero attached hydrogens (tertiary/aromatic N) is 2. The molecule has 25 heavy (non-hydrogen) atoms. The van der Waals surface area contributed by atoms with Gasteiger partial charge in [0.2, 0.25) is 0 Å². The summed E-state index contributed by atoms with van der Waals surface area (Å²) in [6.45, 7) is 1.97. The van der Waals surface area contributed by atoms with Crippen LogP contribution < -0.4 is 5.90 Å². The van der Waals surface area contributed by atoms with Crippen LogP contribution in [0.15, 0.2) is 48.5 Å². The van der Waals surface area contributed by atoms with Gasteiger partial charge >= 0.3 is 5.97 Å². The molecule has 1 aromatic heterocycles. The zero-order chi connectivity index (χ0) is 18.0. The molecule has 0 bridgehead atoms. The number of non-ortho nitro benzene ring substituents is 1. The Kier molecular flexibility index (Phi) is 4.49. The van der Waals surface area contributed by atoms with Crippen molar-refractivity contribution < 1.29 is 14.6 Å². The van der Waals surface area contributed by atoms with Gasteiger partial charge in [-0.15, -0.1) is 0 Å². The maximum atomic E-state index is 11.6. The summed E-state index contributed by atoms with van der Waals surface area (Å²) in [5, 5.41) is 11.8. The van der Waals surface area contributed by atoms with Crippen LogP contribution in [0, 0.1) is 17.0 Å². The van der Waals surface area contributed by atoms with Crippen molar-refractivity contribution in [2.45, 2.75) is 19.9 Å². The van der Waals surface area contributed by atoms with Crippen LogP contribution >= 0.6 is 0 Å². The Morgan fingerprint density at radius 3 is 2.52 bits per heavy atom. The molecule has 1 heterocycles. The van der Waals surface area contributed by atoms with Gasteiger partial charge in [-0.25, -0.2) is 4.79 Å². The number of nitro benzene ring substituents is 1. The number of carbonyl (C=O) groups excluding carboxylic acids is 1. The van der Waals surface area contributed by atoms with E-state index in [1.54, 1.807) is 12.1 Å². The molecular weight excluding hydrogens is 322 g/mol. The largest absolute Gasteiger partial charge is 0.372 e. The second-order valence-electron chi connectivity index (χ2n) is 5.76. The van der Waals surface area contributed by atoms with E-state index in [2.05, 4.69) is 4.84 Å². The molecule has 0 aliphatic rings. The van der Waals surface area contributed by atoms with Gasteiger partial charge in [0.1, 0.15) is 6.54 Å². The SMILES string of the molecule is Cc1c(Cc2ccc([N+](=O)[O-])cc2)c2ccccc2n1CC(=O)ON. The summed E-state index contributed by atoms with van der Waals surface area (Å²) in [6.07, 6.45) is 0.606. The predicted octanol–water partition coefficient (Wildman–Crippen LogP) is 2.87. The fraction of sp³-hybridized carbons (Fsp3) is 0.167. The van der Waals surface area contributed by atoms with E-state index >= 15 is 0 Å². The van der Waals surface area contributed by atoms with E-state index in [1.807, 2.05) is 35.8 Å². The zero-order valence-corrected chi connectivity index (χ0v) is 13.6. The van der Waals surface area contributed by atoms with Crippen molar-refractivity contribution >= 4 is 22.6 Å². The van der Waals surface area contributed by atoms with Crippen LogP contribution in [0.3, 0.4) is 0 Å².